The fourth-order valence-electron chi connectivity index (χ4n) is 1.01. The van der Waals surface area contributed by atoms with Crippen LogP contribution in [0.4, 0.5) is 0 Å². The Hall–Kier alpha value is -0.530. The molecule has 0 aromatic carbocycles. The van der Waals surface area contributed by atoms with E-state index in [1.54, 1.807) is 0 Å². The number of rotatable bonds is 6. The van der Waals surface area contributed by atoms with E-state index >= 15 is 0 Å². The molecule has 0 saturated carbocycles. The van der Waals surface area contributed by atoms with E-state index in [9.17, 15) is 4.79 Å². The zero-order valence-corrected chi connectivity index (χ0v) is 7.89. The van der Waals surface area contributed by atoms with Gasteiger partial charge < -0.3 is 5.11 Å². The Morgan fingerprint density at radius 3 is 2.58 bits per heavy atom. The Morgan fingerprint density at radius 2 is 2.17 bits per heavy atom. The number of carboxylic acids is 1. The van der Waals surface area contributed by atoms with Crippen LogP contribution in [0, 0.1) is 5.41 Å². The highest BCUT2D eigenvalue weighted by molar-refractivity contribution is 5.73. The molecule has 2 nitrogen and oxygen atoms in total. The van der Waals surface area contributed by atoms with Crippen molar-refractivity contribution in [3.8, 4) is 0 Å². The molecule has 0 aliphatic carbocycles. The van der Waals surface area contributed by atoms with Gasteiger partial charge in [0.15, 0.2) is 0 Å². The summed E-state index contributed by atoms with van der Waals surface area (Å²) in [7, 11) is 0. The highest BCUT2D eigenvalue weighted by Gasteiger charge is 2.25. The molecule has 0 radical (unpaired) electrons. The van der Waals surface area contributed by atoms with Gasteiger partial charge in [0.05, 0.1) is 5.41 Å². The van der Waals surface area contributed by atoms with Crippen molar-refractivity contribution in [2.24, 2.45) is 5.41 Å². The fraction of sp³-hybridized carbons (Fsp3) is 0.900. The van der Waals surface area contributed by atoms with Crippen LogP contribution in [0.2, 0.25) is 0 Å². The number of hydrogen-bond acceptors (Lipinski definition) is 1. The lowest BCUT2D eigenvalue weighted by molar-refractivity contribution is -0.147. The first-order valence-corrected chi connectivity index (χ1v) is 4.49. The van der Waals surface area contributed by atoms with Gasteiger partial charge in [0, 0.05) is 4.11 Å². The van der Waals surface area contributed by atoms with E-state index in [-0.39, 0.29) is 6.42 Å². The summed E-state index contributed by atoms with van der Waals surface area (Å²) in [6, 6.07) is 0. The third kappa shape index (κ3) is 4.37. The van der Waals surface area contributed by atoms with Gasteiger partial charge in [-0.2, -0.15) is 0 Å². The number of hydrogen-bond donors (Lipinski definition) is 1. The summed E-state index contributed by atoms with van der Waals surface area (Å²) < 4.78 is 21.7. The van der Waals surface area contributed by atoms with E-state index in [0.717, 1.165) is 19.3 Å². The minimum absolute atomic E-state index is 0.221. The van der Waals surface area contributed by atoms with Gasteiger partial charge >= 0.3 is 5.97 Å². The first-order chi connectivity index (χ1) is 6.75. The van der Waals surface area contributed by atoms with Crippen LogP contribution in [0.25, 0.3) is 0 Å². The monoisotopic (exact) mass is 175 g/mol. The number of carboxylic acid groups (broad SMARTS) is 1. The molecular formula is C10H20O2. The van der Waals surface area contributed by atoms with E-state index < -0.39 is 18.2 Å². The van der Waals surface area contributed by atoms with Crippen LogP contribution < -0.4 is 0 Å². The first kappa shape index (κ1) is 6.93. The van der Waals surface area contributed by atoms with Crippen molar-refractivity contribution in [1.82, 2.24) is 0 Å². The number of unbranched alkanes of at least 4 members (excludes halogenated alkanes) is 3. The van der Waals surface area contributed by atoms with Gasteiger partial charge in [0.25, 0.3) is 0 Å². The summed E-state index contributed by atoms with van der Waals surface area (Å²) in [5.41, 5.74) is -1.60. The van der Waals surface area contributed by atoms with Gasteiger partial charge in [0.2, 0.25) is 0 Å². The highest BCUT2D eigenvalue weighted by Crippen LogP contribution is 2.23. The van der Waals surface area contributed by atoms with Crippen molar-refractivity contribution in [2.75, 3.05) is 0 Å². The summed E-state index contributed by atoms with van der Waals surface area (Å²) in [6.07, 6.45) is 3.86. The van der Waals surface area contributed by atoms with Crippen molar-refractivity contribution in [3.05, 3.63) is 0 Å². The highest BCUT2D eigenvalue weighted by atomic mass is 16.4. The second kappa shape index (κ2) is 5.18. The lowest BCUT2D eigenvalue weighted by atomic mass is 9.87. The summed E-state index contributed by atoms with van der Waals surface area (Å²) in [4.78, 5) is 11.0. The van der Waals surface area contributed by atoms with Crippen molar-refractivity contribution < 1.29 is 14.0 Å². The molecule has 0 heterocycles. The molecule has 0 aromatic heterocycles. The van der Waals surface area contributed by atoms with Crippen LogP contribution in [-0.2, 0) is 4.79 Å². The molecular weight excluding hydrogens is 152 g/mol. The van der Waals surface area contributed by atoms with Gasteiger partial charge in [-0.1, -0.05) is 32.6 Å². The molecule has 0 fully saturated rings. The Morgan fingerprint density at radius 1 is 1.50 bits per heavy atom. The van der Waals surface area contributed by atoms with Gasteiger partial charge in [-0.15, -0.1) is 0 Å². The Bertz CT molecular complexity index is 213. The molecule has 0 saturated heterocycles. The van der Waals surface area contributed by atoms with E-state index in [4.69, 9.17) is 9.22 Å². The predicted octanol–water partition coefficient (Wildman–Crippen LogP) is 3.07. The van der Waals surface area contributed by atoms with Crippen molar-refractivity contribution in [2.45, 2.75) is 52.8 Å². The summed E-state index contributed by atoms with van der Waals surface area (Å²) in [5.74, 6) is -1.22. The largest absolute Gasteiger partial charge is 0.481 e. The molecule has 1 N–H and O–H groups in total. The average Bonchev–Trinajstić information content (AvgIpc) is 2.09. The maximum absolute atomic E-state index is 11.0. The third-order valence-electron chi connectivity index (χ3n) is 2.00. The zero-order chi connectivity index (χ0) is 12.1. The van der Waals surface area contributed by atoms with E-state index in [0.29, 0.717) is 6.42 Å². The molecule has 1 atom stereocenters. The Labute approximate surface area is 79.2 Å². The summed E-state index contributed by atoms with van der Waals surface area (Å²) >= 11 is 0. The van der Waals surface area contributed by atoms with Gasteiger partial charge in [0.1, 0.15) is 0 Å². The quantitative estimate of drug-likeness (QED) is 0.630. The van der Waals surface area contributed by atoms with Crippen molar-refractivity contribution in [1.29, 1.82) is 0 Å². The van der Waals surface area contributed by atoms with Gasteiger partial charge in [-0.05, 0) is 20.2 Å². The minimum Gasteiger partial charge on any atom is -0.481 e. The van der Waals surface area contributed by atoms with Crippen LogP contribution in [0.3, 0.4) is 0 Å². The van der Waals surface area contributed by atoms with Crippen molar-refractivity contribution in [3.63, 3.8) is 0 Å². The molecule has 0 aliphatic rings. The smallest absolute Gasteiger partial charge is 0.309 e. The molecule has 0 aliphatic heterocycles. The molecule has 72 valence electrons. The van der Waals surface area contributed by atoms with Crippen LogP contribution >= 0.6 is 0 Å². The second-order valence-corrected chi connectivity index (χ2v) is 3.45. The average molecular weight is 175 g/mol. The minimum atomic E-state index is -2.43. The molecule has 0 bridgehead atoms. The van der Waals surface area contributed by atoms with Crippen LogP contribution in [0.5, 0.6) is 0 Å². The van der Waals surface area contributed by atoms with Crippen LogP contribution in [0.1, 0.15) is 56.9 Å². The summed E-state index contributed by atoms with van der Waals surface area (Å²) in [6.45, 7) is 0.944. The first-order valence-electron chi connectivity index (χ1n) is 5.99. The van der Waals surface area contributed by atoms with E-state index in [1.807, 2.05) is 0 Å². The van der Waals surface area contributed by atoms with Gasteiger partial charge in [-0.3, -0.25) is 4.79 Å². The van der Waals surface area contributed by atoms with Gasteiger partial charge in [-0.25, -0.2) is 0 Å². The van der Waals surface area contributed by atoms with E-state index in [2.05, 4.69) is 6.92 Å². The standard InChI is InChI=1S/C10H20O2/c1-4-5-6-7-8-10(2,3)9(11)12/h4-8H2,1-3H3,(H,11,12)/i2D3. The topological polar surface area (TPSA) is 37.3 Å². The molecule has 2 heteroatoms. The maximum Gasteiger partial charge on any atom is 0.309 e. The Kier molecular flexibility index (Phi) is 2.99. The molecule has 0 rings (SSSR count). The van der Waals surface area contributed by atoms with E-state index in [1.165, 1.54) is 6.92 Å². The third-order valence-corrected chi connectivity index (χ3v) is 2.00. The van der Waals surface area contributed by atoms with Crippen LogP contribution in [-0.4, -0.2) is 11.1 Å². The molecule has 0 spiro atoms. The molecule has 12 heavy (non-hydrogen) atoms. The Balaban J connectivity index is 4.35. The normalized spacial score (nSPS) is 20.3. The molecule has 1 unspecified atom stereocenters. The predicted molar refractivity (Wildman–Crippen MR) is 50.2 cm³/mol. The molecule has 0 aromatic rings. The zero-order valence-electron chi connectivity index (χ0n) is 10.9. The number of aliphatic carboxylic acids is 1. The SMILES string of the molecule is [2H]C([2H])([2H])C(C)(CCCCCC)C(=O)O. The van der Waals surface area contributed by atoms with Crippen molar-refractivity contribution >= 4 is 5.97 Å². The number of carbonyl (C=O) groups is 1. The molecule has 0 amide bonds. The lowest BCUT2D eigenvalue weighted by Crippen LogP contribution is -2.23. The summed E-state index contributed by atoms with van der Waals surface area (Å²) in [5, 5.41) is 8.96. The van der Waals surface area contributed by atoms with Crippen LogP contribution in [0.15, 0.2) is 0 Å². The fourth-order valence-corrected chi connectivity index (χ4v) is 1.01. The lowest BCUT2D eigenvalue weighted by Gasteiger charge is -2.18. The second-order valence-electron chi connectivity index (χ2n) is 3.45. The maximum atomic E-state index is 11.0.